The van der Waals surface area contributed by atoms with Crippen LogP contribution >= 0.6 is 0 Å². The van der Waals surface area contributed by atoms with Crippen LogP contribution in [0.3, 0.4) is 0 Å². The zero-order valence-electron chi connectivity index (χ0n) is 12.3. The summed E-state index contributed by atoms with van der Waals surface area (Å²) < 4.78 is 5.64. The van der Waals surface area contributed by atoms with Crippen molar-refractivity contribution in [2.45, 2.75) is 13.5 Å². The van der Waals surface area contributed by atoms with Gasteiger partial charge in [0.2, 0.25) is 0 Å². The lowest BCUT2D eigenvalue weighted by Crippen LogP contribution is -2.17. The van der Waals surface area contributed by atoms with E-state index in [2.05, 4.69) is 11.0 Å². The summed E-state index contributed by atoms with van der Waals surface area (Å²) in [5.41, 5.74) is 9.33. The number of nitrogens with zero attached hydrogens (tertiary/aromatic N) is 2. The molecule has 21 heavy (non-hydrogen) atoms. The van der Waals surface area contributed by atoms with Gasteiger partial charge < -0.3 is 15.4 Å². The highest BCUT2D eigenvalue weighted by Gasteiger charge is 2.08. The second-order valence-electron chi connectivity index (χ2n) is 4.81. The first-order chi connectivity index (χ1) is 10.1. The molecule has 108 valence electrons. The molecule has 2 N–H and O–H groups in total. The van der Waals surface area contributed by atoms with Crippen LogP contribution < -0.4 is 15.4 Å². The summed E-state index contributed by atoms with van der Waals surface area (Å²) in [6.07, 6.45) is 0. The highest BCUT2D eigenvalue weighted by atomic mass is 16.5. The number of hydrogen-bond acceptors (Lipinski definition) is 4. The van der Waals surface area contributed by atoms with Crippen molar-refractivity contribution in [3.63, 3.8) is 0 Å². The van der Waals surface area contributed by atoms with Crippen molar-refractivity contribution in [2.24, 2.45) is 0 Å². The van der Waals surface area contributed by atoms with Crippen LogP contribution in [0.25, 0.3) is 0 Å². The fourth-order valence-electron chi connectivity index (χ4n) is 2.16. The molecule has 4 nitrogen and oxygen atoms in total. The molecule has 0 bridgehead atoms. The Kier molecular flexibility index (Phi) is 4.68. The minimum absolute atomic E-state index is 0.623. The van der Waals surface area contributed by atoms with Crippen LogP contribution in [0, 0.1) is 11.3 Å². The van der Waals surface area contributed by atoms with E-state index >= 15 is 0 Å². The third-order valence-electron chi connectivity index (χ3n) is 3.23. The maximum atomic E-state index is 8.83. The Bertz CT molecular complexity index is 644. The highest BCUT2D eigenvalue weighted by molar-refractivity contribution is 5.53. The lowest BCUT2D eigenvalue weighted by Gasteiger charge is -2.21. The summed E-state index contributed by atoms with van der Waals surface area (Å²) in [5.74, 6) is 0.854. The van der Waals surface area contributed by atoms with E-state index < -0.39 is 0 Å². The van der Waals surface area contributed by atoms with Gasteiger partial charge in [0.1, 0.15) is 5.75 Å². The minimum Gasteiger partial charge on any atom is -0.494 e. The summed E-state index contributed by atoms with van der Waals surface area (Å²) in [7, 11) is 2.00. The third kappa shape index (κ3) is 3.67. The molecule has 2 aromatic carbocycles. The van der Waals surface area contributed by atoms with E-state index in [1.54, 1.807) is 0 Å². The van der Waals surface area contributed by atoms with E-state index in [9.17, 15) is 0 Å². The van der Waals surface area contributed by atoms with Crippen molar-refractivity contribution in [2.75, 3.05) is 24.3 Å². The van der Waals surface area contributed by atoms with Crippen LogP contribution in [0.4, 0.5) is 11.4 Å². The summed E-state index contributed by atoms with van der Waals surface area (Å²) in [5, 5.41) is 8.83. The quantitative estimate of drug-likeness (QED) is 0.855. The summed E-state index contributed by atoms with van der Waals surface area (Å²) in [4.78, 5) is 2.10. The van der Waals surface area contributed by atoms with Crippen molar-refractivity contribution in [1.29, 1.82) is 5.26 Å². The Hall–Kier alpha value is -2.67. The van der Waals surface area contributed by atoms with Crippen molar-refractivity contribution >= 4 is 11.4 Å². The fraction of sp³-hybridized carbons (Fsp3) is 0.235. The molecule has 0 heterocycles. The molecule has 0 aliphatic carbocycles. The third-order valence-corrected chi connectivity index (χ3v) is 3.23. The van der Waals surface area contributed by atoms with Gasteiger partial charge in [0.05, 0.1) is 18.2 Å². The van der Waals surface area contributed by atoms with Gasteiger partial charge in [0.15, 0.2) is 0 Å². The molecule has 0 saturated heterocycles. The van der Waals surface area contributed by atoms with E-state index in [-0.39, 0.29) is 0 Å². The van der Waals surface area contributed by atoms with E-state index in [0.717, 1.165) is 22.7 Å². The zero-order chi connectivity index (χ0) is 15.2. The maximum absolute atomic E-state index is 8.83. The van der Waals surface area contributed by atoms with Crippen molar-refractivity contribution in [1.82, 2.24) is 0 Å². The fourth-order valence-corrected chi connectivity index (χ4v) is 2.16. The van der Waals surface area contributed by atoms with Gasteiger partial charge in [-0.05, 0) is 49.4 Å². The Morgan fingerprint density at radius 2 is 1.90 bits per heavy atom. The van der Waals surface area contributed by atoms with Gasteiger partial charge in [-0.2, -0.15) is 5.26 Å². The number of hydrogen-bond donors (Lipinski definition) is 1. The molecule has 0 radical (unpaired) electrons. The molecule has 0 spiro atoms. The predicted molar refractivity (Wildman–Crippen MR) is 85.3 cm³/mol. The van der Waals surface area contributed by atoms with E-state index in [0.29, 0.717) is 18.7 Å². The summed E-state index contributed by atoms with van der Waals surface area (Å²) in [6, 6.07) is 15.3. The summed E-state index contributed by atoms with van der Waals surface area (Å²) in [6.45, 7) is 3.27. The molecule has 0 saturated carbocycles. The zero-order valence-corrected chi connectivity index (χ0v) is 12.3. The van der Waals surface area contributed by atoms with Crippen LogP contribution in [0.2, 0.25) is 0 Å². The number of rotatable bonds is 5. The Labute approximate surface area is 125 Å². The average Bonchev–Trinajstić information content (AvgIpc) is 2.50. The molecule has 0 fully saturated rings. The van der Waals surface area contributed by atoms with Gasteiger partial charge in [-0.1, -0.05) is 0 Å². The topological polar surface area (TPSA) is 62.3 Å². The number of anilines is 2. The average molecular weight is 281 g/mol. The molecule has 2 rings (SSSR count). The normalized spacial score (nSPS) is 9.95. The van der Waals surface area contributed by atoms with Crippen LogP contribution in [-0.2, 0) is 6.54 Å². The lowest BCUT2D eigenvalue weighted by molar-refractivity contribution is 0.336. The van der Waals surface area contributed by atoms with Gasteiger partial charge in [0, 0.05) is 30.5 Å². The van der Waals surface area contributed by atoms with Crippen LogP contribution in [0.15, 0.2) is 42.5 Å². The van der Waals surface area contributed by atoms with Gasteiger partial charge in [-0.25, -0.2) is 0 Å². The molecular formula is C17H19N3O. The smallest absolute Gasteiger partial charge is 0.124 e. The van der Waals surface area contributed by atoms with Crippen LogP contribution in [0.1, 0.15) is 18.1 Å². The first-order valence-electron chi connectivity index (χ1n) is 6.86. The second kappa shape index (κ2) is 6.67. The standard InChI is InChI=1S/C17H19N3O/c1-3-21-17-9-6-15(19)10-14(17)12-20(2)16-7-4-13(11-18)5-8-16/h4-10H,3,12,19H2,1-2H3. The molecule has 0 aliphatic heterocycles. The van der Waals surface area contributed by atoms with Crippen molar-refractivity contribution < 1.29 is 4.74 Å². The minimum atomic E-state index is 0.623. The monoisotopic (exact) mass is 281 g/mol. The number of nitriles is 1. The van der Waals surface area contributed by atoms with Gasteiger partial charge in [-0.3, -0.25) is 0 Å². The lowest BCUT2D eigenvalue weighted by atomic mass is 10.1. The van der Waals surface area contributed by atoms with Gasteiger partial charge in [-0.15, -0.1) is 0 Å². The number of nitrogen functional groups attached to an aromatic ring is 1. The largest absolute Gasteiger partial charge is 0.494 e. The Morgan fingerprint density at radius 1 is 1.19 bits per heavy atom. The van der Waals surface area contributed by atoms with E-state index in [1.165, 1.54) is 0 Å². The molecule has 0 atom stereocenters. The summed E-state index contributed by atoms with van der Waals surface area (Å²) >= 11 is 0. The molecule has 0 amide bonds. The maximum Gasteiger partial charge on any atom is 0.124 e. The van der Waals surface area contributed by atoms with Crippen molar-refractivity contribution in [3.05, 3.63) is 53.6 Å². The Morgan fingerprint density at radius 3 is 2.52 bits per heavy atom. The van der Waals surface area contributed by atoms with Gasteiger partial charge in [0.25, 0.3) is 0 Å². The van der Waals surface area contributed by atoms with Gasteiger partial charge >= 0.3 is 0 Å². The number of ether oxygens (including phenoxy) is 1. The van der Waals surface area contributed by atoms with E-state index in [4.69, 9.17) is 15.7 Å². The number of benzene rings is 2. The first kappa shape index (κ1) is 14.7. The highest BCUT2D eigenvalue weighted by Crippen LogP contribution is 2.25. The molecule has 0 aromatic heterocycles. The number of nitrogens with two attached hydrogens (primary N) is 1. The second-order valence-corrected chi connectivity index (χ2v) is 4.81. The molecule has 2 aromatic rings. The van der Waals surface area contributed by atoms with E-state index in [1.807, 2.05) is 56.4 Å². The van der Waals surface area contributed by atoms with Crippen LogP contribution in [-0.4, -0.2) is 13.7 Å². The molecule has 0 unspecified atom stereocenters. The molecule has 4 heteroatoms. The predicted octanol–water partition coefficient (Wildman–Crippen LogP) is 3.18. The molecular weight excluding hydrogens is 262 g/mol. The molecule has 0 aliphatic rings. The Balaban J connectivity index is 2.20. The van der Waals surface area contributed by atoms with Crippen molar-refractivity contribution in [3.8, 4) is 11.8 Å². The SMILES string of the molecule is CCOc1ccc(N)cc1CN(C)c1ccc(C#N)cc1. The first-order valence-corrected chi connectivity index (χ1v) is 6.86. The van der Waals surface area contributed by atoms with Crippen LogP contribution in [0.5, 0.6) is 5.75 Å².